The third-order valence-electron chi connectivity index (χ3n) is 5.97. The zero-order valence-corrected chi connectivity index (χ0v) is 15.4. The number of imide groups is 1. The molecule has 1 heterocycles. The first kappa shape index (κ1) is 16.3. The van der Waals surface area contributed by atoms with Gasteiger partial charge >= 0.3 is 6.03 Å². The minimum absolute atomic E-state index is 0.174. The van der Waals surface area contributed by atoms with E-state index in [-0.39, 0.29) is 17.8 Å². The van der Waals surface area contributed by atoms with Crippen LogP contribution in [0.2, 0.25) is 0 Å². The van der Waals surface area contributed by atoms with E-state index in [9.17, 15) is 14.0 Å². The van der Waals surface area contributed by atoms with E-state index in [1.807, 2.05) is 22.6 Å². The van der Waals surface area contributed by atoms with Crippen LogP contribution < -0.4 is 10.6 Å². The molecule has 2 aliphatic carbocycles. The first-order valence-corrected chi connectivity index (χ1v) is 9.14. The Kier molecular flexibility index (Phi) is 3.65. The number of hydrogen-bond acceptors (Lipinski definition) is 3. The molecular formula is C17H18FIN2O3. The monoisotopic (exact) mass is 444 g/mol. The van der Waals surface area contributed by atoms with Crippen LogP contribution in [0.3, 0.4) is 0 Å². The second-order valence-corrected chi connectivity index (χ2v) is 8.14. The first-order valence-electron chi connectivity index (χ1n) is 8.07. The van der Waals surface area contributed by atoms with Crippen LogP contribution in [0.4, 0.5) is 9.18 Å². The lowest BCUT2D eigenvalue weighted by atomic mass is 9.61. The van der Waals surface area contributed by atoms with Crippen molar-refractivity contribution in [2.45, 2.75) is 43.7 Å². The third-order valence-corrected chi connectivity index (χ3v) is 6.79. The number of halogens is 2. The quantitative estimate of drug-likeness (QED) is 0.517. The second-order valence-electron chi connectivity index (χ2n) is 6.97. The van der Waals surface area contributed by atoms with Crippen LogP contribution in [0.15, 0.2) is 12.1 Å². The molecule has 1 aromatic rings. The van der Waals surface area contributed by atoms with Crippen LogP contribution in [0.25, 0.3) is 0 Å². The number of carbonyl (C=O) groups is 2. The van der Waals surface area contributed by atoms with E-state index in [2.05, 4.69) is 10.6 Å². The van der Waals surface area contributed by atoms with Crippen molar-refractivity contribution in [3.63, 3.8) is 0 Å². The van der Waals surface area contributed by atoms with Crippen LogP contribution >= 0.6 is 22.6 Å². The lowest BCUT2D eigenvalue weighted by molar-refractivity contribution is -0.131. The molecule has 3 aliphatic rings. The fourth-order valence-corrected chi connectivity index (χ4v) is 5.28. The van der Waals surface area contributed by atoms with Crippen molar-refractivity contribution in [1.29, 1.82) is 0 Å². The fourth-order valence-electron chi connectivity index (χ4n) is 4.82. The lowest BCUT2D eigenvalue weighted by Crippen LogP contribution is -2.56. The number of amides is 3. The van der Waals surface area contributed by atoms with Crippen LogP contribution in [-0.4, -0.2) is 25.2 Å². The number of hydrogen-bond donors (Lipinski definition) is 2. The Morgan fingerprint density at radius 3 is 2.58 bits per heavy atom. The second kappa shape index (κ2) is 5.39. The summed E-state index contributed by atoms with van der Waals surface area (Å²) in [5.74, 6) is -0.596. The van der Waals surface area contributed by atoms with Gasteiger partial charge in [0, 0.05) is 16.1 Å². The summed E-state index contributed by atoms with van der Waals surface area (Å²) in [6.45, 7) is 0. The molecule has 1 aliphatic heterocycles. The molecule has 0 radical (unpaired) electrons. The molecule has 5 nitrogen and oxygen atoms in total. The van der Waals surface area contributed by atoms with Crippen molar-refractivity contribution >= 4 is 34.5 Å². The van der Waals surface area contributed by atoms with Gasteiger partial charge in [-0.15, -0.1) is 0 Å². The summed E-state index contributed by atoms with van der Waals surface area (Å²) in [6, 6.07) is 2.77. The highest BCUT2D eigenvalue weighted by molar-refractivity contribution is 14.1. The fraction of sp³-hybridized carbons (Fsp3) is 0.529. The van der Waals surface area contributed by atoms with Gasteiger partial charge in [-0.3, -0.25) is 10.1 Å². The molecule has 1 aromatic carbocycles. The summed E-state index contributed by atoms with van der Waals surface area (Å²) in [5.41, 5.74) is 0.0529. The molecule has 4 rings (SSSR count). The maximum Gasteiger partial charge on any atom is 0.322 e. The molecule has 1 atom stereocenters. The number of nitrogens with one attached hydrogen (secondary N) is 2. The Morgan fingerprint density at radius 1 is 1.29 bits per heavy atom. The molecular weight excluding hydrogens is 426 g/mol. The standard InChI is InChI=1S/C17H18FIN2O3/c1-24-10-2-4-16(5-3-10)8-9-6-12(18)13(19)7-11(9)17(16)14(22)20-15(23)21-17/h6-7,10H,2-5,8H2,1H3,(H2,20,21,22,23). The maximum absolute atomic E-state index is 14.1. The van der Waals surface area contributed by atoms with Gasteiger partial charge in [-0.2, -0.15) is 0 Å². The Bertz CT molecular complexity index is 746. The topological polar surface area (TPSA) is 67.4 Å². The molecule has 2 N–H and O–H groups in total. The summed E-state index contributed by atoms with van der Waals surface area (Å²) in [5, 5.41) is 5.31. The molecule has 1 saturated heterocycles. The van der Waals surface area contributed by atoms with E-state index in [0.717, 1.165) is 36.8 Å². The summed E-state index contributed by atoms with van der Waals surface area (Å²) in [7, 11) is 1.70. The highest BCUT2D eigenvalue weighted by atomic mass is 127. The summed E-state index contributed by atoms with van der Waals surface area (Å²) in [6.07, 6.45) is 3.94. The number of fused-ring (bicyclic) bond motifs is 3. The number of rotatable bonds is 1. The first-order chi connectivity index (χ1) is 11.4. The Morgan fingerprint density at radius 2 is 2.00 bits per heavy atom. The van der Waals surface area contributed by atoms with Gasteiger partial charge in [0.25, 0.3) is 5.91 Å². The van der Waals surface area contributed by atoms with E-state index in [4.69, 9.17) is 4.74 Å². The van der Waals surface area contributed by atoms with Crippen molar-refractivity contribution < 1.29 is 18.7 Å². The highest BCUT2D eigenvalue weighted by Crippen LogP contribution is 2.59. The van der Waals surface area contributed by atoms with Crippen molar-refractivity contribution in [2.24, 2.45) is 5.41 Å². The number of ether oxygens (including phenoxy) is 1. The summed E-state index contributed by atoms with van der Waals surface area (Å²) < 4.78 is 20.0. The van der Waals surface area contributed by atoms with Gasteiger partial charge in [0.05, 0.1) is 6.10 Å². The third kappa shape index (κ3) is 2.00. The molecule has 128 valence electrons. The van der Waals surface area contributed by atoms with Crippen molar-refractivity contribution in [2.75, 3.05) is 7.11 Å². The van der Waals surface area contributed by atoms with E-state index in [1.54, 1.807) is 13.2 Å². The molecule has 24 heavy (non-hydrogen) atoms. The van der Waals surface area contributed by atoms with Gasteiger partial charge in [0.15, 0.2) is 5.54 Å². The van der Waals surface area contributed by atoms with Gasteiger partial charge in [-0.05, 0) is 78.0 Å². The van der Waals surface area contributed by atoms with E-state index < -0.39 is 17.0 Å². The number of methoxy groups -OCH3 is 1. The molecule has 0 aromatic heterocycles. The van der Waals surface area contributed by atoms with Gasteiger partial charge in [0.2, 0.25) is 0 Å². The Hall–Kier alpha value is -1.22. The lowest BCUT2D eigenvalue weighted by Gasteiger charge is -2.46. The van der Waals surface area contributed by atoms with Gasteiger partial charge in [-0.1, -0.05) is 0 Å². The molecule has 1 saturated carbocycles. The summed E-state index contributed by atoms with van der Waals surface area (Å²) in [4.78, 5) is 24.8. The van der Waals surface area contributed by atoms with Crippen LogP contribution in [0, 0.1) is 14.8 Å². The van der Waals surface area contributed by atoms with Gasteiger partial charge < -0.3 is 10.1 Å². The van der Waals surface area contributed by atoms with E-state index in [1.165, 1.54) is 6.07 Å². The normalized spacial score (nSPS) is 34.5. The smallest absolute Gasteiger partial charge is 0.322 e. The average Bonchev–Trinajstić information content (AvgIpc) is 2.98. The Balaban J connectivity index is 1.87. The number of benzene rings is 1. The molecule has 7 heteroatoms. The number of carbonyl (C=O) groups excluding carboxylic acids is 2. The van der Waals surface area contributed by atoms with E-state index >= 15 is 0 Å². The predicted octanol–water partition coefficient (Wildman–Crippen LogP) is 2.60. The molecule has 3 amide bonds. The molecule has 1 unspecified atom stereocenters. The maximum atomic E-state index is 14.1. The largest absolute Gasteiger partial charge is 0.381 e. The van der Waals surface area contributed by atoms with Crippen molar-refractivity contribution in [3.8, 4) is 0 Å². The summed E-state index contributed by atoms with van der Waals surface area (Å²) >= 11 is 1.93. The highest BCUT2D eigenvalue weighted by Gasteiger charge is 2.66. The van der Waals surface area contributed by atoms with Gasteiger partial charge in [-0.25, -0.2) is 9.18 Å². The van der Waals surface area contributed by atoms with Crippen molar-refractivity contribution in [1.82, 2.24) is 10.6 Å². The molecule has 0 bridgehead atoms. The minimum Gasteiger partial charge on any atom is -0.381 e. The van der Waals surface area contributed by atoms with Gasteiger partial charge in [0.1, 0.15) is 5.82 Å². The molecule has 2 spiro atoms. The average molecular weight is 444 g/mol. The molecule has 2 fully saturated rings. The Labute approximate surface area is 152 Å². The van der Waals surface area contributed by atoms with Crippen LogP contribution in [0.5, 0.6) is 0 Å². The van der Waals surface area contributed by atoms with Crippen LogP contribution in [0.1, 0.15) is 36.8 Å². The number of urea groups is 1. The van der Waals surface area contributed by atoms with Crippen LogP contribution in [-0.2, 0) is 21.5 Å². The zero-order chi connectivity index (χ0) is 17.1. The zero-order valence-electron chi connectivity index (χ0n) is 13.2. The van der Waals surface area contributed by atoms with Crippen molar-refractivity contribution in [3.05, 3.63) is 32.6 Å². The predicted molar refractivity (Wildman–Crippen MR) is 92.9 cm³/mol. The SMILES string of the molecule is COC1CCC2(CC1)Cc1cc(F)c(I)cc1C21NC(=O)NC1=O. The van der Waals surface area contributed by atoms with E-state index in [0.29, 0.717) is 9.99 Å². The minimum atomic E-state index is -1.09.